The maximum Gasteiger partial charge on any atom is 0.422 e. The zero-order chi connectivity index (χ0) is 19.7. The maximum atomic E-state index is 12.2. The molecule has 2 aromatic rings. The lowest BCUT2D eigenvalue weighted by Crippen LogP contribution is -2.36. The number of nitrogens with zero attached hydrogens (tertiary/aromatic N) is 1. The third kappa shape index (κ3) is 8.68. The van der Waals surface area contributed by atoms with Gasteiger partial charge in [-0.25, -0.2) is 0 Å². The Kier molecular flexibility index (Phi) is 9.91. The van der Waals surface area contributed by atoms with Crippen LogP contribution >= 0.6 is 24.0 Å². The minimum atomic E-state index is -4.36. The van der Waals surface area contributed by atoms with Gasteiger partial charge in [0.15, 0.2) is 12.6 Å². The van der Waals surface area contributed by atoms with Crippen LogP contribution in [-0.4, -0.2) is 32.9 Å². The number of ether oxygens (including phenoxy) is 2. The molecule has 0 spiro atoms. The lowest BCUT2D eigenvalue weighted by Gasteiger charge is -2.13. The Morgan fingerprint density at radius 3 is 2.18 bits per heavy atom. The summed E-state index contributed by atoms with van der Waals surface area (Å²) in [5, 5.41) is 6.29. The zero-order valence-electron chi connectivity index (χ0n) is 15.5. The summed E-state index contributed by atoms with van der Waals surface area (Å²) in [6, 6.07) is 14.1. The molecule has 0 heterocycles. The largest absolute Gasteiger partial charge is 0.497 e. The highest BCUT2D eigenvalue weighted by molar-refractivity contribution is 14.0. The first-order chi connectivity index (χ1) is 12.9. The lowest BCUT2D eigenvalue weighted by molar-refractivity contribution is -0.153. The van der Waals surface area contributed by atoms with Crippen LogP contribution in [0.1, 0.15) is 11.1 Å². The number of guanidine groups is 1. The van der Waals surface area contributed by atoms with Gasteiger partial charge in [0.25, 0.3) is 0 Å². The number of rotatable bonds is 7. The monoisotopic (exact) mass is 509 g/mol. The first-order valence-electron chi connectivity index (χ1n) is 8.25. The standard InChI is InChI=1S/C19H22F3N3O2.HI/c1-23-18(24-11-14-6-8-16(26-2)9-7-14)25-12-15-4-3-5-17(10-15)27-13-19(20,21)22;/h3-10H,11-13H2,1-2H3,(H2,23,24,25);1H. The molecule has 0 saturated carbocycles. The van der Waals surface area contributed by atoms with Gasteiger partial charge in [0.2, 0.25) is 0 Å². The average molecular weight is 509 g/mol. The van der Waals surface area contributed by atoms with E-state index >= 15 is 0 Å². The van der Waals surface area contributed by atoms with Crippen molar-refractivity contribution in [1.82, 2.24) is 10.6 Å². The average Bonchev–Trinajstić information content (AvgIpc) is 2.67. The summed E-state index contributed by atoms with van der Waals surface area (Å²) in [6.45, 7) is -0.348. The fraction of sp³-hybridized carbons (Fsp3) is 0.316. The molecule has 0 atom stereocenters. The van der Waals surface area contributed by atoms with Gasteiger partial charge in [-0.3, -0.25) is 4.99 Å². The molecule has 0 unspecified atom stereocenters. The molecule has 2 aromatic carbocycles. The fourth-order valence-corrected chi connectivity index (χ4v) is 2.25. The van der Waals surface area contributed by atoms with Crippen molar-refractivity contribution in [2.24, 2.45) is 4.99 Å². The summed E-state index contributed by atoms with van der Waals surface area (Å²) in [5.41, 5.74) is 1.84. The Morgan fingerprint density at radius 1 is 0.964 bits per heavy atom. The zero-order valence-corrected chi connectivity index (χ0v) is 17.9. The van der Waals surface area contributed by atoms with Gasteiger partial charge in [-0.15, -0.1) is 24.0 Å². The summed E-state index contributed by atoms with van der Waals surface area (Å²) in [6.07, 6.45) is -4.36. The maximum absolute atomic E-state index is 12.2. The molecule has 5 nitrogen and oxygen atoms in total. The van der Waals surface area contributed by atoms with Crippen LogP contribution in [-0.2, 0) is 13.1 Å². The fourth-order valence-electron chi connectivity index (χ4n) is 2.25. The number of methoxy groups -OCH3 is 1. The van der Waals surface area contributed by atoms with E-state index in [1.165, 1.54) is 6.07 Å². The molecular weight excluding hydrogens is 486 g/mol. The smallest absolute Gasteiger partial charge is 0.422 e. The molecule has 154 valence electrons. The van der Waals surface area contributed by atoms with E-state index in [0.29, 0.717) is 19.0 Å². The highest BCUT2D eigenvalue weighted by Crippen LogP contribution is 2.19. The number of hydrogen-bond acceptors (Lipinski definition) is 3. The summed E-state index contributed by atoms with van der Waals surface area (Å²) >= 11 is 0. The highest BCUT2D eigenvalue weighted by atomic mass is 127. The van der Waals surface area contributed by atoms with Crippen LogP contribution in [0.4, 0.5) is 13.2 Å². The van der Waals surface area contributed by atoms with E-state index in [2.05, 4.69) is 15.6 Å². The molecule has 0 saturated heterocycles. The van der Waals surface area contributed by atoms with Gasteiger partial charge in [-0.1, -0.05) is 24.3 Å². The van der Waals surface area contributed by atoms with Gasteiger partial charge in [-0.05, 0) is 35.4 Å². The third-order valence-corrected chi connectivity index (χ3v) is 3.60. The molecule has 0 radical (unpaired) electrons. The van der Waals surface area contributed by atoms with E-state index in [0.717, 1.165) is 16.9 Å². The first-order valence-corrected chi connectivity index (χ1v) is 8.25. The van der Waals surface area contributed by atoms with E-state index in [1.807, 2.05) is 24.3 Å². The van der Waals surface area contributed by atoms with Crippen molar-refractivity contribution < 1.29 is 22.6 Å². The van der Waals surface area contributed by atoms with E-state index in [1.54, 1.807) is 32.4 Å². The Hall–Kier alpha value is -2.17. The third-order valence-electron chi connectivity index (χ3n) is 3.60. The SMILES string of the molecule is CN=C(NCc1ccc(OC)cc1)NCc1cccc(OCC(F)(F)F)c1.I. The molecule has 28 heavy (non-hydrogen) atoms. The van der Waals surface area contributed by atoms with Crippen LogP contribution in [0.25, 0.3) is 0 Å². The van der Waals surface area contributed by atoms with E-state index in [4.69, 9.17) is 9.47 Å². The second-order valence-corrected chi connectivity index (χ2v) is 5.68. The molecule has 0 aliphatic carbocycles. The molecule has 0 amide bonds. The van der Waals surface area contributed by atoms with Crippen molar-refractivity contribution in [1.29, 1.82) is 0 Å². The summed E-state index contributed by atoms with van der Waals surface area (Å²) in [4.78, 5) is 4.13. The highest BCUT2D eigenvalue weighted by Gasteiger charge is 2.28. The minimum Gasteiger partial charge on any atom is -0.497 e. The van der Waals surface area contributed by atoms with Crippen LogP contribution in [0.5, 0.6) is 11.5 Å². The van der Waals surface area contributed by atoms with Crippen molar-refractivity contribution in [2.75, 3.05) is 20.8 Å². The second-order valence-electron chi connectivity index (χ2n) is 5.68. The number of halogens is 4. The van der Waals surface area contributed by atoms with Crippen LogP contribution < -0.4 is 20.1 Å². The minimum absolute atomic E-state index is 0. The van der Waals surface area contributed by atoms with Crippen LogP contribution in [0.15, 0.2) is 53.5 Å². The summed E-state index contributed by atoms with van der Waals surface area (Å²) in [5.74, 6) is 1.54. The summed E-state index contributed by atoms with van der Waals surface area (Å²) < 4.78 is 46.6. The van der Waals surface area contributed by atoms with Gasteiger partial charge < -0.3 is 20.1 Å². The molecular formula is C19H23F3IN3O2. The topological polar surface area (TPSA) is 54.9 Å². The molecule has 0 aromatic heterocycles. The van der Waals surface area contributed by atoms with Crippen molar-refractivity contribution in [3.05, 3.63) is 59.7 Å². The second kappa shape index (κ2) is 11.6. The molecule has 9 heteroatoms. The Labute approximate surface area is 179 Å². The molecule has 2 N–H and O–H groups in total. The number of nitrogens with one attached hydrogen (secondary N) is 2. The van der Waals surface area contributed by atoms with E-state index in [9.17, 15) is 13.2 Å². The van der Waals surface area contributed by atoms with Gasteiger partial charge in [-0.2, -0.15) is 13.2 Å². The number of alkyl halides is 3. The lowest BCUT2D eigenvalue weighted by atomic mass is 10.2. The van der Waals surface area contributed by atoms with Gasteiger partial charge in [0.1, 0.15) is 11.5 Å². The molecule has 0 aliphatic heterocycles. The molecule has 0 bridgehead atoms. The number of hydrogen-bond donors (Lipinski definition) is 2. The Bertz CT molecular complexity index is 753. The van der Waals surface area contributed by atoms with E-state index < -0.39 is 12.8 Å². The predicted octanol–water partition coefficient (Wildman–Crippen LogP) is 4.12. The van der Waals surface area contributed by atoms with Crippen molar-refractivity contribution in [3.63, 3.8) is 0 Å². The van der Waals surface area contributed by atoms with Gasteiger partial charge in [0.05, 0.1) is 7.11 Å². The molecule has 0 aliphatic rings. The van der Waals surface area contributed by atoms with Crippen molar-refractivity contribution in [3.8, 4) is 11.5 Å². The molecule has 0 fully saturated rings. The number of aliphatic imine (C=N–C) groups is 1. The van der Waals surface area contributed by atoms with Crippen LogP contribution in [0.3, 0.4) is 0 Å². The first kappa shape index (κ1) is 23.9. The molecule has 2 rings (SSSR count). The van der Waals surface area contributed by atoms with Crippen molar-refractivity contribution >= 4 is 29.9 Å². The Balaban J connectivity index is 0.00000392. The van der Waals surface area contributed by atoms with Crippen LogP contribution in [0, 0.1) is 0 Å². The van der Waals surface area contributed by atoms with Gasteiger partial charge in [0, 0.05) is 20.1 Å². The predicted molar refractivity (Wildman–Crippen MR) is 113 cm³/mol. The quantitative estimate of drug-likeness (QED) is 0.335. The van der Waals surface area contributed by atoms with Gasteiger partial charge >= 0.3 is 6.18 Å². The van der Waals surface area contributed by atoms with E-state index in [-0.39, 0.29) is 29.7 Å². The normalized spacial score (nSPS) is 11.4. The van der Waals surface area contributed by atoms with Crippen LogP contribution in [0.2, 0.25) is 0 Å². The Morgan fingerprint density at radius 2 is 1.61 bits per heavy atom. The number of benzene rings is 2. The van der Waals surface area contributed by atoms with Crippen molar-refractivity contribution in [2.45, 2.75) is 19.3 Å². The summed E-state index contributed by atoms with van der Waals surface area (Å²) in [7, 11) is 3.26.